The van der Waals surface area contributed by atoms with Crippen LogP contribution < -0.4 is 9.47 Å². The highest BCUT2D eigenvalue weighted by molar-refractivity contribution is 6.30. The minimum absolute atomic E-state index is 0.0918. The van der Waals surface area contributed by atoms with E-state index in [4.69, 9.17) is 25.5 Å². The number of carbonyl (C=O) groups is 1. The van der Waals surface area contributed by atoms with Crippen molar-refractivity contribution in [1.29, 1.82) is 0 Å². The van der Waals surface area contributed by atoms with Crippen molar-refractivity contribution in [3.05, 3.63) is 65.0 Å². The zero-order valence-corrected chi connectivity index (χ0v) is 18.1. The molecular formula is C24H22ClN3O4. The fraction of sp³-hybridized carbons (Fsp3) is 0.292. The van der Waals surface area contributed by atoms with Crippen molar-refractivity contribution in [2.75, 3.05) is 13.2 Å². The van der Waals surface area contributed by atoms with E-state index >= 15 is 0 Å². The summed E-state index contributed by atoms with van der Waals surface area (Å²) in [5.41, 5.74) is 1.66. The fourth-order valence-electron chi connectivity index (χ4n) is 3.49. The van der Waals surface area contributed by atoms with E-state index in [-0.39, 0.29) is 18.5 Å². The lowest BCUT2D eigenvalue weighted by Crippen LogP contribution is -2.31. The highest BCUT2D eigenvalue weighted by Gasteiger charge is 2.32. The van der Waals surface area contributed by atoms with Crippen LogP contribution in [0.1, 0.15) is 30.7 Å². The molecule has 1 fully saturated rings. The first-order valence-corrected chi connectivity index (χ1v) is 11.0. The first kappa shape index (κ1) is 20.6. The molecule has 8 heteroatoms. The number of rotatable bonds is 6. The number of ether oxygens (including phenoxy) is 2. The summed E-state index contributed by atoms with van der Waals surface area (Å²) in [6.45, 7) is 1.54. The third-order valence-electron chi connectivity index (χ3n) is 5.32. The monoisotopic (exact) mass is 451 g/mol. The Morgan fingerprint density at radius 2 is 1.84 bits per heavy atom. The van der Waals surface area contributed by atoms with Crippen LogP contribution in [0.5, 0.6) is 11.5 Å². The minimum atomic E-state index is -0.0918. The lowest BCUT2D eigenvalue weighted by molar-refractivity contribution is -0.127. The molecule has 0 N–H and O–H groups in total. The number of aromatic nitrogens is 2. The van der Waals surface area contributed by atoms with Gasteiger partial charge in [0.25, 0.3) is 0 Å². The van der Waals surface area contributed by atoms with Gasteiger partial charge in [0.1, 0.15) is 0 Å². The smallest absolute Gasteiger partial charge is 0.247 e. The van der Waals surface area contributed by atoms with Crippen LogP contribution >= 0.6 is 11.6 Å². The van der Waals surface area contributed by atoms with Gasteiger partial charge in [-0.25, -0.2) is 0 Å². The molecule has 32 heavy (non-hydrogen) atoms. The van der Waals surface area contributed by atoms with E-state index in [1.54, 1.807) is 29.2 Å². The molecule has 0 spiro atoms. The van der Waals surface area contributed by atoms with Gasteiger partial charge in [-0.3, -0.25) is 4.79 Å². The topological polar surface area (TPSA) is 77.7 Å². The third kappa shape index (κ3) is 4.78. The van der Waals surface area contributed by atoms with Gasteiger partial charge in [-0.05, 0) is 60.9 Å². The number of hydrogen-bond donors (Lipinski definition) is 0. The highest BCUT2D eigenvalue weighted by Crippen LogP contribution is 2.32. The minimum Gasteiger partial charge on any atom is -0.490 e. The summed E-state index contributed by atoms with van der Waals surface area (Å²) in [6, 6.07) is 13.1. The number of amides is 1. The summed E-state index contributed by atoms with van der Waals surface area (Å²) in [5, 5.41) is 8.87. The standard InChI is InChI=1S/C24H22ClN3O4/c25-18-6-4-17(5-7-18)24-27-26-22(32-24)15-28(19-8-9-19)23(29)11-3-16-2-10-20-21(14-16)31-13-1-12-30-20/h2-7,10-11,14,19H,1,8-9,12-13,15H2/b11-3+. The summed E-state index contributed by atoms with van der Waals surface area (Å²) >= 11 is 5.94. The van der Waals surface area contributed by atoms with E-state index in [1.165, 1.54) is 0 Å². The van der Waals surface area contributed by atoms with E-state index in [0.717, 1.165) is 36.1 Å². The van der Waals surface area contributed by atoms with Gasteiger partial charge in [-0.15, -0.1) is 10.2 Å². The molecule has 7 nitrogen and oxygen atoms in total. The van der Waals surface area contributed by atoms with Crippen LogP contribution in [0.4, 0.5) is 0 Å². The normalized spacial score (nSPS) is 15.5. The predicted molar refractivity (Wildman–Crippen MR) is 119 cm³/mol. The zero-order chi connectivity index (χ0) is 21.9. The largest absolute Gasteiger partial charge is 0.490 e. The molecule has 3 aromatic rings. The van der Waals surface area contributed by atoms with Crippen molar-refractivity contribution >= 4 is 23.6 Å². The maximum Gasteiger partial charge on any atom is 0.247 e. The van der Waals surface area contributed by atoms with Gasteiger partial charge in [0.15, 0.2) is 11.5 Å². The van der Waals surface area contributed by atoms with E-state index in [1.807, 2.05) is 30.3 Å². The molecule has 2 aliphatic rings. The van der Waals surface area contributed by atoms with Gasteiger partial charge >= 0.3 is 0 Å². The van der Waals surface area contributed by atoms with Crippen molar-refractivity contribution in [3.63, 3.8) is 0 Å². The molecule has 2 aromatic carbocycles. The Hall–Kier alpha value is -3.32. The van der Waals surface area contributed by atoms with Gasteiger partial charge < -0.3 is 18.8 Å². The number of carbonyl (C=O) groups excluding carboxylic acids is 1. The summed E-state index contributed by atoms with van der Waals surface area (Å²) in [6.07, 6.45) is 6.17. The highest BCUT2D eigenvalue weighted by atomic mass is 35.5. The molecule has 164 valence electrons. The predicted octanol–water partition coefficient (Wildman–Crippen LogP) is 4.76. The van der Waals surface area contributed by atoms with Gasteiger partial charge in [-0.1, -0.05) is 17.7 Å². The van der Waals surface area contributed by atoms with Crippen LogP contribution in [0.2, 0.25) is 5.02 Å². The Balaban J connectivity index is 1.28. The molecule has 0 saturated heterocycles. The Morgan fingerprint density at radius 1 is 1.06 bits per heavy atom. The Kier molecular flexibility index (Phi) is 5.81. The lowest BCUT2D eigenvalue weighted by Gasteiger charge is -2.18. The average Bonchev–Trinajstić information content (AvgIpc) is 3.58. The third-order valence-corrected chi connectivity index (χ3v) is 5.58. The summed E-state index contributed by atoms with van der Waals surface area (Å²) in [7, 11) is 0. The molecule has 1 aliphatic carbocycles. The quantitative estimate of drug-likeness (QED) is 0.503. The van der Waals surface area contributed by atoms with Crippen LogP contribution in [-0.2, 0) is 11.3 Å². The zero-order valence-electron chi connectivity index (χ0n) is 17.4. The van der Waals surface area contributed by atoms with Crippen LogP contribution in [0.15, 0.2) is 53.0 Å². The second-order valence-electron chi connectivity index (χ2n) is 7.80. The molecule has 0 radical (unpaired) electrons. The first-order chi connectivity index (χ1) is 15.7. The van der Waals surface area contributed by atoms with Crippen LogP contribution in [-0.4, -0.2) is 40.3 Å². The molecule has 5 rings (SSSR count). The van der Waals surface area contributed by atoms with Gasteiger partial charge in [0.05, 0.1) is 19.8 Å². The number of hydrogen-bond acceptors (Lipinski definition) is 6. The molecule has 1 aliphatic heterocycles. The van der Waals surface area contributed by atoms with Gasteiger partial charge in [-0.2, -0.15) is 0 Å². The van der Waals surface area contributed by atoms with Crippen molar-refractivity contribution in [3.8, 4) is 23.0 Å². The lowest BCUT2D eigenvalue weighted by atomic mass is 10.2. The van der Waals surface area contributed by atoms with E-state index in [0.29, 0.717) is 35.8 Å². The van der Waals surface area contributed by atoms with Gasteiger partial charge in [0, 0.05) is 29.1 Å². The number of nitrogens with zero attached hydrogens (tertiary/aromatic N) is 3. The molecule has 1 aromatic heterocycles. The van der Waals surface area contributed by atoms with Gasteiger partial charge in [0.2, 0.25) is 17.7 Å². The summed E-state index contributed by atoms with van der Waals surface area (Å²) in [5.74, 6) is 2.16. The van der Waals surface area contributed by atoms with Crippen molar-refractivity contribution in [1.82, 2.24) is 15.1 Å². The second kappa shape index (κ2) is 9.04. The second-order valence-corrected chi connectivity index (χ2v) is 8.23. The van der Waals surface area contributed by atoms with Crippen LogP contribution in [0.3, 0.4) is 0 Å². The number of fused-ring (bicyclic) bond motifs is 1. The van der Waals surface area contributed by atoms with Crippen LogP contribution in [0.25, 0.3) is 17.5 Å². The molecule has 0 bridgehead atoms. The summed E-state index contributed by atoms with van der Waals surface area (Å²) in [4.78, 5) is 14.7. The molecule has 0 unspecified atom stereocenters. The molecular weight excluding hydrogens is 430 g/mol. The molecule has 2 heterocycles. The molecule has 1 saturated carbocycles. The molecule has 0 atom stereocenters. The fourth-order valence-corrected chi connectivity index (χ4v) is 3.62. The van der Waals surface area contributed by atoms with Crippen molar-refractivity contribution in [2.45, 2.75) is 31.8 Å². The summed E-state index contributed by atoms with van der Waals surface area (Å²) < 4.78 is 17.2. The Labute approximate surface area is 190 Å². The maximum absolute atomic E-state index is 12.9. The Bertz CT molecular complexity index is 1140. The maximum atomic E-state index is 12.9. The van der Waals surface area contributed by atoms with E-state index < -0.39 is 0 Å². The SMILES string of the molecule is O=C(/C=C/c1ccc2c(c1)OCCCO2)N(Cc1nnc(-c2ccc(Cl)cc2)o1)C1CC1. The van der Waals surface area contributed by atoms with Crippen molar-refractivity contribution < 1.29 is 18.7 Å². The van der Waals surface area contributed by atoms with E-state index in [9.17, 15) is 4.79 Å². The molecule has 1 amide bonds. The Morgan fingerprint density at radius 3 is 2.62 bits per heavy atom. The number of benzene rings is 2. The first-order valence-electron chi connectivity index (χ1n) is 10.6. The number of halogens is 1. The average molecular weight is 452 g/mol. The van der Waals surface area contributed by atoms with Crippen molar-refractivity contribution in [2.24, 2.45) is 0 Å². The van der Waals surface area contributed by atoms with Crippen LogP contribution in [0, 0.1) is 0 Å². The van der Waals surface area contributed by atoms with E-state index in [2.05, 4.69) is 10.2 Å².